The van der Waals surface area contributed by atoms with Gasteiger partial charge in [-0.25, -0.2) is 4.99 Å². The first-order chi connectivity index (χ1) is 10.5. The summed E-state index contributed by atoms with van der Waals surface area (Å²) in [6.45, 7) is 7.88. The molecule has 1 heterocycles. The third-order valence-corrected chi connectivity index (χ3v) is 4.15. The van der Waals surface area contributed by atoms with Crippen molar-refractivity contribution in [3.05, 3.63) is 24.5 Å². The number of aromatic nitrogens is 1. The molecule has 0 aliphatic rings. The number of pyridine rings is 1. The molecule has 122 valence electrons. The normalized spacial score (nSPS) is 11.9. The van der Waals surface area contributed by atoms with Crippen LogP contribution in [0.3, 0.4) is 0 Å². The molecule has 1 aromatic heterocycles. The Morgan fingerprint density at radius 2 is 2.18 bits per heavy atom. The SMILES string of the molecule is CCNC(=NCC(=O)Nc1cccnc1)NCC(C)(C)SC. The van der Waals surface area contributed by atoms with E-state index in [4.69, 9.17) is 0 Å². The number of guanidine groups is 1. The molecule has 0 saturated carbocycles. The molecule has 6 nitrogen and oxygen atoms in total. The number of amides is 1. The molecule has 0 unspecified atom stereocenters. The van der Waals surface area contributed by atoms with Gasteiger partial charge in [0, 0.05) is 24.0 Å². The van der Waals surface area contributed by atoms with E-state index in [9.17, 15) is 4.79 Å². The molecule has 0 fully saturated rings. The first-order valence-corrected chi connectivity index (χ1v) is 8.46. The minimum atomic E-state index is -0.172. The van der Waals surface area contributed by atoms with Gasteiger partial charge in [-0.2, -0.15) is 11.8 Å². The standard InChI is InChI=1S/C15H25N5OS/c1-5-17-14(19-11-15(2,3)22-4)18-10-13(21)20-12-7-6-8-16-9-12/h6-9H,5,10-11H2,1-4H3,(H,20,21)(H2,17,18,19). The Morgan fingerprint density at radius 3 is 2.77 bits per heavy atom. The van der Waals surface area contributed by atoms with Gasteiger partial charge in [0.25, 0.3) is 0 Å². The molecule has 1 amide bonds. The zero-order valence-corrected chi connectivity index (χ0v) is 14.5. The zero-order valence-electron chi connectivity index (χ0n) is 13.6. The maximum absolute atomic E-state index is 11.9. The van der Waals surface area contributed by atoms with E-state index in [1.807, 2.05) is 6.92 Å². The molecule has 0 aliphatic heterocycles. The average Bonchev–Trinajstić information content (AvgIpc) is 2.51. The van der Waals surface area contributed by atoms with Gasteiger partial charge >= 0.3 is 0 Å². The van der Waals surface area contributed by atoms with Crippen LogP contribution in [0.1, 0.15) is 20.8 Å². The third-order valence-electron chi connectivity index (χ3n) is 2.90. The second kappa shape index (κ2) is 9.30. The molecule has 3 N–H and O–H groups in total. The van der Waals surface area contributed by atoms with E-state index < -0.39 is 0 Å². The Labute approximate surface area is 136 Å². The molecule has 1 aromatic rings. The highest BCUT2D eigenvalue weighted by Crippen LogP contribution is 2.19. The maximum atomic E-state index is 11.9. The van der Waals surface area contributed by atoms with Crippen LogP contribution in [-0.4, -0.2) is 47.5 Å². The first kappa shape index (κ1) is 18.3. The van der Waals surface area contributed by atoms with Gasteiger partial charge in [0.15, 0.2) is 5.96 Å². The van der Waals surface area contributed by atoms with E-state index >= 15 is 0 Å². The van der Waals surface area contributed by atoms with Crippen LogP contribution in [0, 0.1) is 0 Å². The average molecular weight is 323 g/mol. The van der Waals surface area contributed by atoms with Crippen molar-refractivity contribution < 1.29 is 4.79 Å². The molecule has 7 heteroatoms. The molecule has 0 atom stereocenters. The van der Waals surface area contributed by atoms with Gasteiger partial charge < -0.3 is 16.0 Å². The van der Waals surface area contributed by atoms with Crippen molar-refractivity contribution in [2.75, 3.05) is 31.2 Å². The highest BCUT2D eigenvalue weighted by atomic mass is 32.2. The lowest BCUT2D eigenvalue weighted by molar-refractivity contribution is -0.114. The van der Waals surface area contributed by atoms with Gasteiger partial charge in [0.05, 0.1) is 11.9 Å². The van der Waals surface area contributed by atoms with Crippen molar-refractivity contribution in [1.82, 2.24) is 15.6 Å². The van der Waals surface area contributed by atoms with E-state index in [1.54, 1.807) is 36.3 Å². The molecule has 0 aliphatic carbocycles. The summed E-state index contributed by atoms with van der Waals surface area (Å²) in [5.74, 6) is 0.472. The van der Waals surface area contributed by atoms with Gasteiger partial charge in [0.1, 0.15) is 6.54 Å². The summed E-state index contributed by atoms with van der Waals surface area (Å²) >= 11 is 1.78. The predicted molar refractivity (Wildman–Crippen MR) is 94.4 cm³/mol. The topological polar surface area (TPSA) is 78.4 Å². The molecule has 0 radical (unpaired) electrons. The zero-order chi connectivity index (χ0) is 16.4. The fourth-order valence-corrected chi connectivity index (χ4v) is 1.72. The van der Waals surface area contributed by atoms with Crippen molar-refractivity contribution in [2.45, 2.75) is 25.5 Å². The fraction of sp³-hybridized carbons (Fsp3) is 0.533. The Bertz CT molecular complexity index is 490. The van der Waals surface area contributed by atoms with Crippen molar-refractivity contribution in [3.63, 3.8) is 0 Å². The Hall–Kier alpha value is -1.76. The number of aliphatic imine (C=N–C) groups is 1. The van der Waals surface area contributed by atoms with E-state index in [1.165, 1.54) is 0 Å². The smallest absolute Gasteiger partial charge is 0.246 e. The number of hydrogen-bond donors (Lipinski definition) is 3. The predicted octanol–water partition coefficient (Wildman–Crippen LogP) is 1.72. The fourth-order valence-electron chi connectivity index (χ4n) is 1.50. The first-order valence-electron chi connectivity index (χ1n) is 7.24. The highest BCUT2D eigenvalue weighted by molar-refractivity contribution is 7.99. The molecule has 0 aromatic carbocycles. The molecule has 0 spiro atoms. The van der Waals surface area contributed by atoms with Crippen LogP contribution in [0.15, 0.2) is 29.5 Å². The number of carbonyl (C=O) groups is 1. The largest absolute Gasteiger partial charge is 0.357 e. The van der Waals surface area contributed by atoms with Gasteiger partial charge in [-0.1, -0.05) is 0 Å². The minimum Gasteiger partial charge on any atom is -0.357 e. The van der Waals surface area contributed by atoms with Gasteiger partial charge in [-0.15, -0.1) is 0 Å². The second-order valence-electron chi connectivity index (χ2n) is 5.30. The Kier molecular flexibility index (Phi) is 7.73. The van der Waals surface area contributed by atoms with Crippen LogP contribution >= 0.6 is 11.8 Å². The van der Waals surface area contributed by atoms with Crippen LogP contribution in [0.25, 0.3) is 0 Å². The summed E-state index contributed by atoms with van der Waals surface area (Å²) in [7, 11) is 0. The van der Waals surface area contributed by atoms with Crippen molar-refractivity contribution in [2.24, 2.45) is 4.99 Å². The molecule has 0 saturated heterocycles. The van der Waals surface area contributed by atoms with Crippen molar-refractivity contribution >= 4 is 29.3 Å². The number of rotatable bonds is 7. The van der Waals surface area contributed by atoms with Crippen molar-refractivity contribution in [3.8, 4) is 0 Å². The van der Waals surface area contributed by atoms with E-state index in [-0.39, 0.29) is 17.2 Å². The summed E-state index contributed by atoms with van der Waals surface area (Å²) in [6, 6.07) is 3.56. The lowest BCUT2D eigenvalue weighted by atomic mass is 10.2. The summed E-state index contributed by atoms with van der Waals surface area (Å²) in [5.41, 5.74) is 0.671. The third kappa shape index (κ3) is 7.31. The van der Waals surface area contributed by atoms with E-state index in [0.717, 1.165) is 13.1 Å². The molecule has 0 bridgehead atoms. The van der Waals surface area contributed by atoms with Gasteiger partial charge in [-0.3, -0.25) is 9.78 Å². The monoisotopic (exact) mass is 323 g/mol. The number of nitrogens with one attached hydrogen (secondary N) is 3. The number of anilines is 1. The molecule has 22 heavy (non-hydrogen) atoms. The van der Waals surface area contributed by atoms with Crippen molar-refractivity contribution in [1.29, 1.82) is 0 Å². The van der Waals surface area contributed by atoms with Gasteiger partial charge in [-0.05, 0) is 39.2 Å². The quantitative estimate of drug-likeness (QED) is 0.526. The summed E-state index contributed by atoms with van der Waals surface area (Å²) in [4.78, 5) is 20.1. The lowest BCUT2D eigenvalue weighted by Gasteiger charge is -2.23. The lowest BCUT2D eigenvalue weighted by Crippen LogP contribution is -2.43. The summed E-state index contributed by atoms with van der Waals surface area (Å²) in [5, 5.41) is 9.15. The minimum absolute atomic E-state index is 0.0594. The van der Waals surface area contributed by atoms with Crippen LogP contribution in [0.5, 0.6) is 0 Å². The number of hydrogen-bond acceptors (Lipinski definition) is 4. The number of thioether (sulfide) groups is 1. The molecular formula is C15H25N5OS. The summed E-state index contributed by atoms with van der Waals surface area (Å²) in [6.07, 6.45) is 5.34. The highest BCUT2D eigenvalue weighted by Gasteiger charge is 2.16. The van der Waals surface area contributed by atoms with Crippen LogP contribution in [-0.2, 0) is 4.79 Å². The second-order valence-corrected chi connectivity index (χ2v) is 6.82. The molecule has 1 rings (SSSR count). The number of nitrogens with zero attached hydrogens (tertiary/aromatic N) is 2. The summed E-state index contributed by atoms with van der Waals surface area (Å²) < 4.78 is 0.105. The Morgan fingerprint density at radius 1 is 1.41 bits per heavy atom. The van der Waals surface area contributed by atoms with E-state index in [2.05, 4.69) is 46.0 Å². The number of carbonyl (C=O) groups excluding carboxylic acids is 1. The van der Waals surface area contributed by atoms with Crippen LogP contribution in [0.2, 0.25) is 0 Å². The van der Waals surface area contributed by atoms with E-state index in [0.29, 0.717) is 11.6 Å². The van der Waals surface area contributed by atoms with Crippen LogP contribution in [0.4, 0.5) is 5.69 Å². The van der Waals surface area contributed by atoms with Crippen LogP contribution < -0.4 is 16.0 Å². The van der Waals surface area contributed by atoms with Gasteiger partial charge in [0.2, 0.25) is 5.91 Å². The Balaban J connectivity index is 2.52. The maximum Gasteiger partial charge on any atom is 0.246 e. The molecular weight excluding hydrogens is 298 g/mol.